The standard InChI is InChI=1S/C56H37NO/c1-3-15-38(16-4-1)42-32-36-54(52(37-42)39-17-5-2-6-18-39)57(53-27-11-9-21-48(53)50-25-14-26-51-49-22-10-12-28-55(49)58-56(50)51)43-33-29-41(30-34-43)45-23-13-24-46-44-20-8-7-19-40(44)31-35-47(45)46/h1-37H. The minimum absolute atomic E-state index is 0.887. The first-order valence-corrected chi connectivity index (χ1v) is 19.8. The minimum Gasteiger partial charge on any atom is -0.455 e. The highest BCUT2D eigenvalue weighted by Crippen LogP contribution is 2.48. The number of rotatable bonds is 7. The number of fused-ring (bicyclic) bond motifs is 6. The van der Waals surface area contributed by atoms with Gasteiger partial charge in [0.2, 0.25) is 0 Å². The lowest BCUT2D eigenvalue weighted by Gasteiger charge is -2.30. The Morgan fingerprint density at radius 2 is 0.879 bits per heavy atom. The fourth-order valence-electron chi connectivity index (χ4n) is 8.74. The molecule has 10 aromatic carbocycles. The summed E-state index contributed by atoms with van der Waals surface area (Å²) in [5.41, 5.74) is 14.1. The van der Waals surface area contributed by atoms with E-state index in [1.807, 2.05) is 6.07 Å². The van der Waals surface area contributed by atoms with Crippen LogP contribution in [0.5, 0.6) is 0 Å². The first kappa shape index (κ1) is 33.6. The number of hydrogen-bond acceptors (Lipinski definition) is 2. The smallest absolute Gasteiger partial charge is 0.143 e. The van der Waals surface area contributed by atoms with Crippen molar-refractivity contribution in [1.82, 2.24) is 0 Å². The van der Waals surface area contributed by atoms with E-state index in [4.69, 9.17) is 4.42 Å². The number of para-hydroxylation sites is 3. The summed E-state index contributed by atoms with van der Waals surface area (Å²) in [6.45, 7) is 0. The summed E-state index contributed by atoms with van der Waals surface area (Å²) in [5, 5.41) is 7.27. The van der Waals surface area contributed by atoms with Gasteiger partial charge in [0.15, 0.2) is 0 Å². The van der Waals surface area contributed by atoms with Gasteiger partial charge in [-0.1, -0.05) is 188 Å². The van der Waals surface area contributed by atoms with Crippen LogP contribution in [0.3, 0.4) is 0 Å². The van der Waals surface area contributed by atoms with E-state index in [-0.39, 0.29) is 0 Å². The molecule has 0 saturated carbocycles. The van der Waals surface area contributed by atoms with Crippen LogP contribution in [0.15, 0.2) is 229 Å². The van der Waals surface area contributed by atoms with Gasteiger partial charge in [-0.15, -0.1) is 0 Å². The summed E-state index contributed by atoms with van der Waals surface area (Å²) in [7, 11) is 0. The third-order valence-corrected chi connectivity index (χ3v) is 11.5. The van der Waals surface area contributed by atoms with E-state index >= 15 is 0 Å². The predicted molar refractivity (Wildman–Crippen MR) is 245 cm³/mol. The van der Waals surface area contributed by atoms with Crippen LogP contribution in [0, 0.1) is 0 Å². The molecule has 11 aromatic rings. The lowest BCUT2D eigenvalue weighted by atomic mass is 9.93. The zero-order chi connectivity index (χ0) is 38.4. The van der Waals surface area contributed by atoms with Gasteiger partial charge >= 0.3 is 0 Å². The zero-order valence-electron chi connectivity index (χ0n) is 31.7. The lowest BCUT2D eigenvalue weighted by molar-refractivity contribution is 0.670. The van der Waals surface area contributed by atoms with E-state index in [2.05, 4.69) is 223 Å². The summed E-state index contributed by atoms with van der Waals surface area (Å²) in [5.74, 6) is 0. The number of hydrogen-bond donors (Lipinski definition) is 0. The molecule has 0 fully saturated rings. The molecular weight excluding hydrogens is 703 g/mol. The zero-order valence-corrected chi connectivity index (χ0v) is 31.7. The lowest BCUT2D eigenvalue weighted by Crippen LogP contribution is -2.12. The molecule has 0 aliphatic heterocycles. The third-order valence-electron chi connectivity index (χ3n) is 11.5. The van der Waals surface area contributed by atoms with Crippen molar-refractivity contribution < 1.29 is 4.42 Å². The molecule has 0 amide bonds. The van der Waals surface area contributed by atoms with Gasteiger partial charge in [0, 0.05) is 33.2 Å². The Morgan fingerprint density at radius 1 is 0.293 bits per heavy atom. The molecule has 0 unspecified atom stereocenters. The van der Waals surface area contributed by atoms with Crippen molar-refractivity contribution in [2.24, 2.45) is 0 Å². The summed E-state index contributed by atoms with van der Waals surface area (Å²) < 4.78 is 6.65. The Balaban J connectivity index is 1.14. The molecule has 272 valence electrons. The van der Waals surface area contributed by atoms with Gasteiger partial charge in [0.25, 0.3) is 0 Å². The van der Waals surface area contributed by atoms with Crippen LogP contribution in [0.25, 0.3) is 88.0 Å². The van der Waals surface area contributed by atoms with E-state index < -0.39 is 0 Å². The molecule has 0 aliphatic rings. The van der Waals surface area contributed by atoms with E-state index in [1.54, 1.807) is 0 Å². The molecule has 11 rings (SSSR count). The fourth-order valence-corrected chi connectivity index (χ4v) is 8.74. The van der Waals surface area contributed by atoms with Crippen molar-refractivity contribution in [1.29, 1.82) is 0 Å². The molecule has 0 N–H and O–H groups in total. The molecule has 0 bridgehead atoms. The van der Waals surface area contributed by atoms with Crippen LogP contribution in [0.1, 0.15) is 0 Å². The average molecular weight is 740 g/mol. The molecule has 0 atom stereocenters. The topological polar surface area (TPSA) is 16.4 Å². The molecule has 58 heavy (non-hydrogen) atoms. The quantitative estimate of drug-likeness (QED) is 0.151. The second-order valence-corrected chi connectivity index (χ2v) is 14.8. The molecule has 0 spiro atoms. The van der Waals surface area contributed by atoms with E-state index in [1.165, 1.54) is 43.8 Å². The van der Waals surface area contributed by atoms with Crippen molar-refractivity contribution in [3.63, 3.8) is 0 Å². The molecule has 0 saturated heterocycles. The van der Waals surface area contributed by atoms with Crippen molar-refractivity contribution in [2.75, 3.05) is 4.90 Å². The van der Waals surface area contributed by atoms with E-state index in [0.29, 0.717) is 0 Å². The van der Waals surface area contributed by atoms with Crippen molar-refractivity contribution in [3.8, 4) is 44.5 Å². The highest BCUT2D eigenvalue weighted by atomic mass is 16.3. The number of benzene rings is 10. The highest BCUT2D eigenvalue weighted by Gasteiger charge is 2.23. The van der Waals surface area contributed by atoms with Crippen molar-refractivity contribution in [3.05, 3.63) is 224 Å². The molecule has 1 heterocycles. The van der Waals surface area contributed by atoms with Crippen LogP contribution in [-0.2, 0) is 0 Å². The maximum Gasteiger partial charge on any atom is 0.143 e. The van der Waals surface area contributed by atoms with Gasteiger partial charge in [-0.2, -0.15) is 0 Å². The monoisotopic (exact) mass is 739 g/mol. The molecule has 2 heteroatoms. The largest absolute Gasteiger partial charge is 0.455 e. The average Bonchev–Trinajstić information content (AvgIpc) is 3.69. The second kappa shape index (κ2) is 14.1. The maximum atomic E-state index is 6.65. The molecule has 0 aliphatic carbocycles. The molecule has 0 radical (unpaired) electrons. The SMILES string of the molecule is c1ccc(-c2ccc(N(c3ccc(-c4cccc5c4ccc4ccccc45)cc3)c3ccccc3-c3cccc4c3oc3ccccc34)c(-c3ccccc3)c2)cc1. The highest BCUT2D eigenvalue weighted by molar-refractivity contribution is 6.13. The van der Waals surface area contributed by atoms with Crippen LogP contribution < -0.4 is 4.90 Å². The van der Waals surface area contributed by atoms with Crippen molar-refractivity contribution >= 4 is 60.5 Å². The van der Waals surface area contributed by atoms with E-state index in [0.717, 1.165) is 61.3 Å². The van der Waals surface area contributed by atoms with Gasteiger partial charge in [-0.3, -0.25) is 0 Å². The summed E-state index contributed by atoms with van der Waals surface area (Å²) in [4.78, 5) is 2.42. The van der Waals surface area contributed by atoms with Gasteiger partial charge in [-0.25, -0.2) is 0 Å². The predicted octanol–water partition coefficient (Wildman–Crippen LogP) is 16.0. The summed E-state index contributed by atoms with van der Waals surface area (Å²) in [6, 6.07) is 80.7. The first-order valence-electron chi connectivity index (χ1n) is 19.8. The maximum absolute atomic E-state index is 6.65. The summed E-state index contributed by atoms with van der Waals surface area (Å²) in [6.07, 6.45) is 0. The van der Waals surface area contributed by atoms with Gasteiger partial charge in [0.05, 0.1) is 11.4 Å². The van der Waals surface area contributed by atoms with E-state index in [9.17, 15) is 0 Å². The third kappa shape index (κ3) is 5.74. The van der Waals surface area contributed by atoms with Crippen LogP contribution >= 0.6 is 0 Å². The number of anilines is 3. The Morgan fingerprint density at radius 3 is 1.71 bits per heavy atom. The van der Waals surface area contributed by atoms with Gasteiger partial charge in [0.1, 0.15) is 11.2 Å². The second-order valence-electron chi connectivity index (χ2n) is 14.8. The number of furan rings is 1. The Labute approximate surface area is 337 Å². The van der Waals surface area contributed by atoms with Gasteiger partial charge < -0.3 is 9.32 Å². The normalized spacial score (nSPS) is 11.4. The van der Waals surface area contributed by atoms with Crippen LogP contribution in [-0.4, -0.2) is 0 Å². The molecular formula is C56H37NO. The Bertz CT molecular complexity index is 3270. The van der Waals surface area contributed by atoms with Crippen LogP contribution in [0.4, 0.5) is 17.1 Å². The number of nitrogens with zero attached hydrogens (tertiary/aromatic N) is 1. The molecule has 1 aromatic heterocycles. The Hall–Kier alpha value is -7.68. The fraction of sp³-hybridized carbons (Fsp3) is 0. The first-order chi connectivity index (χ1) is 28.8. The van der Waals surface area contributed by atoms with Crippen LogP contribution in [0.2, 0.25) is 0 Å². The minimum atomic E-state index is 0.887. The van der Waals surface area contributed by atoms with Crippen molar-refractivity contribution in [2.45, 2.75) is 0 Å². The summed E-state index contributed by atoms with van der Waals surface area (Å²) >= 11 is 0. The Kier molecular flexibility index (Phi) is 8.19. The molecule has 2 nitrogen and oxygen atoms in total. The van der Waals surface area contributed by atoms with Gasteiger partial charge in [-0.05, 0) is 85.8 Å².